The van der Waals surface area contributed by atoms with E-state index >= 15 is 0 Å². The first-order valence-corrected chi connectivity index (χ1v) is 8.88. The van der Waals surface area contributed by atoms with E-state index in [4.69, 9.17) is 14.2 Å². The lowest BCUT2D eigenvalue weighted by atomic mass is 10.2. The van der Waals surface area contributed by atoms with Gasteiger partial charge in [0, 0.05) is 24.9 Å². The van der Waals surface area contributed by atoms with Crippen molar-refractivity contribution in [2.75, 3.05) is 33.2 Å². The van der Waals surface area contributed by atoms with Crippen LogP contribution in [0.5, 0.6) is 17.2 Å². The van der Waals surface area contributed by atoms with E-state index in [1.54, 1.807) is 23.2 Å². The molecule has 0 spiro atoms. The number of urea groups is 1. The average molecular weight is 384 g/mol. The van der Waals surface area contributed by atoms with Crippen LogP contribution in [0, 0.1) is 0 Å². The molecule has 0 aliphatic heterocycles. The number of carbonyl (C=O) groups excluding carboxylic acids is 1. The Labute approximate surface area is 163 Å². The van der Waals surface area contributed by atoms with Crippen LogP contribution in [-0.2, 0) is 6.54 Å². The standard InChI is InChI=1S/C20H24N4O4/c1-5-23(13-15-12-21-18-8-6-7-9-24(15)18)20(25)22-14-10-16(26-2)19(28-4)17(11-14)27-3/h6-12H,5,13H2,1-4H3,(H,22,25). The summed E-state index contributed by atoms with van der Waals surface area (Å²) in [6.07, 6.45) is 3.72. The van der Waals surface area contributed by atoms with Crippen LogP contribution in [0.1, 0.15) is 12.6 Å². The Bertz CT molecular complexity index is 945. The molecule has 0 aliphatic rings. The van der Waals surface area contributed by atoms with Crippen molar-refractivity contribution in [1.82, 2.24) is 14.3 Å². The van der Waals surface area contributed by atoms with Crippen LogP contribution in [-0.4, -0.2) is 48.2 Å². The number of nitrogens with one attached hydrogen (secondary N) is 1. The first-order valence-electron chi connectivity index (χ1n) is 8.88. The molecule has 0 fully saturated rings. The largest absolute Gasteiger partial charge is 0.493 e. The van der Waals surface area contributed by atoms with Gasteiger partial charge in [-0.05, 0) is 19.1 Å². The van der Waals surface area contributed by atoms with Crippen LogP contribution < -0.4 is 19.5 Å². The zero-order chi connectivity index (χ0) is 20.1. The first kappa shape index (κ1) is 19.3. The highest BCUT2D eigenvalue weighted by Crippen LogP contribution is 2.40. The monoisotopic (exact) mass is 384 g/mol. The molecule has 0 saturated heterocycles. The third kappa shape index (κ3) is 3.80. The van der Waals surface area contributed by atoms with E-state index in [2.05, 4.69) is 10.3 Å². The lowest BCUT2D eigenvalue weighted by Gasteiger charge is -2.22. The molecule has 2 aromatic heterocycles. The molecule has 0 bridgehead atoms. The number of hydrogen-bond donors (Lipinski definition) is 1. The summed E-state index contributed by atoms with van der Waals surface area (Å²) in [5.74, 6) is 1.42. The third-order valence-electron chi connectivity index (χ3n) is 4.43. The SMILES string of the molecule is CCN(Cc1cnc2ccccn12)C(=O)Nc1cc(OC)c(OC)c(OC)c1. The lowest BCUT2D eigenvalue weighted by molar-refractivity contribution is 0.211. The molecule has 3 rings (SSSR count). The average Bonchev–Trinajstić information content (AvgIpc) is 3.13. The zero-order valence-electron chi connectivity index (χ0n) is 16.4. The first-order chi connectivity index (χ1) is 13.6. The van der Waals surface area contributed by atoms with Crippen LogP contribution in [0.3, 0.4) is 0 Å². The van der Waals surface area contributed by atoms with Gasteiger partial charge < -0.3 is 28.8 Å². The summed E-state index contributed by atoms with van der Waals surface area (Å²) in [4.78, 5) is 18.9. The number of benzene rings is 1. The summed E-state index contributed by atoms with van der Waals surface area (Å²) in [6, 6.07) is 8.95. The van der Waals surface area contributed by atoms with Gasteiger partial charge in [0.25, 0.3) is 0 Å². The Morgan fingerprint density at radius 1 is 1.14 bits per heavy atom. The number of pyridine rings is 1. The van der Waals surface area contributed by atoms with Gasteiger partial charge in [-0.3, -0.25) is 0 Å². The number of carbonyl (C=O) groups is 1. The smallest absolute Gasteiger partial charge is 0.322 e. The minimum Gasteiger partial charge on any atom is -0.493 e. The Morgan fingerprint density at radius 2 is 1.86 bits per heavy atom. The summed E-state index contributed by atoms with van der Waals surface area (Å²) < 4.78 is 18.0. The minimum absolute atomic E-state index is 0.234. The van der Waals surface area contributed by atoms with Gasteiger partial charge in [0.15, 0.2) is 11.5 Å². The molecular weight excluding hydrogens is 360 g/mol. The predicted molar refractivity (Wildman–Crippen MR) is 106 cm³/mol. The van der Waals surface area contributed by atoms with Gasteiger partial charge in [-0.25, -0.2) is 9.78 Å². The van der Waals surface area contributed by atoms with Gasteiger partial charge >= 0.3 is 6.03 Å². The molecule has 28 heavy (non-hydrogen) atoms. The van der Waals surface area contributed by atoms with Gasteiger partial charge in [0.1, 0.15) is 5.65 Å². The normalized spacial score (nSPS) is 10.6. The molecule has 0 unspecified atom stereocenters. The Balaban J connectivity index is 1.80. The number of hydrogen-bond acceptors (Lipinski definition) is 5. The predicted octanol–water partition coefficient (Wildman–Crippen LogP) is 3.41. The second-order valence-electron chi connectivity index (χ2n) is 6.04. The lowest BCUT2D eigenvalue weighted by Crippen LogP contribution is -2.34. The number of nitrogens with zero attached hydrogens (tertiary/aromatic N) is 3. The number of anilines is 1. The minimum atomic E-state index is -0.234. The summed E-state index contributed by atoms with van der Waals surface area (Å²) in [5.41, 5.74) is 2.33. The molecule has 2 heterocycles. The Kier molecular flexibility index (Phi) is 5.88. The van der Waals surface area contributed by atoms with E-state index < -0.39 is 0 Å². The van der Waals surface area contributed by atoms with Gasteiger partial charge in [0.05, 0.1) is 45.5 Å². The summed E-state index contributed by atoms with van der Waals surface area (Å²) in [5, 5.41) is 2.90. The molecule has 0 radical (unpaired) electrons. The van der Waals surface area contributed by atoms with Crippen molar-refractivity contribution in [3.8, 4) is 17.2 Å². The van der Waals surface area contributed by atoms with Crippen LogP contribution in [0.2, 0.25) is 0 Å². The van der Waals surface area contributed by atoms with Crippen molar-refractivity contribution in [1.29, 1.82) is 0 Å². The van der Waals surface area contributed by atoms with Gasteiger partial charge in [-0.2, -0.15) is 0 Å². The molecule has 8 nitrogen and oxygen atoms in total. The highest BCUT2D eigenvalue weighted by Gasteiger charge is 2.18. The second-order valence-corrected chi connectivity index (χ2v) is 6.04. The molecule has 0 saturated carbocycles. The number of amides is 2. The van der Waals surface area contributed by atoms with E-state index in [9.17, 15) is 4.79 Å². The van der Waals surface area contributed by atoms with E-state index in [1.807, 2.05) is 35.7 Å². The van der Waals surface area contributed by atoms with E-state index in [0.717, 1.165) is 11.3 Å². The molecular formula is C20H24N4O4. The van der Waals surface area contributed by atoms with Gasteiger partial charge in [-0.1, -0.05) is 6.07 Å². The maximum atomic E-state index is 12.8. The highest BCUT2D eigenvalue weighted by atomic mass is 16.5. The maximum Gasteiger partial charge on any atom is 0.322 e. The van der Waals surface area contributed by atoms with Crippen molar-refractivity contribution in [2.24, 2.45) is 0 Å². The van der Waals surface area contributed by atoms with Crippen molar-refractivity contribution in [3.05, 3.63) is 48.4 Å². The molecule has 1 N–H and O–H groups in total. The highest BCUT2D eigenvalue weighted by molar-refractivity contribution is 5.90. The van der Waals surface area contributed by atoms with Crippen molar-refractivity contribution < 1.29 is 19.0 Å². The van der Waals surface area contributed by atoms with Crippen LogP contribution >= 0.6 is 0 Å². The Hall–Kier alpha value is -3.42. The van der Waals surface area contributed by atoms with Gasteiger partial charge in [-0.15, -0.1) is 0 Å². The van der Waals surface area contributed by atoms with Crippen molar-refractivity contribution in [3.63, 3.8) is 0 Å². The van der Waals surface area contributed by atoms with Crippen LogP contribution in [0.4, 0.5) is 10.5 Å². The second kappa shape index (κ2) is 8.51. The molecule has 1 aromatic carbocycles. The van der Waals surface area contributed by atoms with Crippen LogP contribution in [0.15, 0.2) is 42.7 Å². The zero-order valence-corrected chi connectivity index (χ0v) is 16.4. The third-order valence-corrected chi connectivity index (χ3v) is 4.43. The molecule has 0 atom stereocenters. The number of methoxy groups -OCH3 is 3. The topological polar surface area (TPSA) is 77.3 Å². The Morgan fingerprint density at radius 3 is 2.46 bits per heavy atom. The quantitative estimate of drug-likeness (QED) is 0.675. The molecule has 8 heteroatoms. The van der Waals surface area contributed by atoms with Crippen molar-refractivity contribution >= 4 is 17.4 Å². The summed E-state index contributed by atoms with van der Waals surface area (Å²) in [6.45, 7) is 2.90. The van der Waals surface area contributed by atoms with E-state index in [0.29, 0.717) is 36.0 Å². The number of fused-ring (bicyclic) bond motifs is 1. The fourth-order valence-electron chi connectivity index (χ4n) is 2.98. The summed E-state index contributed by atoms with van der Waals surface area (Å²) in [7, 11) is 4.60. The maximum absolute atomic E-state index is 12.8. The number of rotatable bonds is 7. The molecule has 2 amide bonds. The molecule has 0 aliphatic carbocycles. The van der Waals surface area contributed by atoms with E-state index in [1.165, 1.54) is 21.3 Å². The fourth-order valence-corrected chi connectivity index (χ4v) is 2.98. The van der Waals surface area contributed by atoms with E-state index in [-0.39, 0.29) is 6.03 Å². The molecule has 148 valence electrons. The summed E-state index contributed by atoms with van der Waals surface area (Å²) >= 11 is 0. The number of aromatic nitrogens is 2. The number of imidazole rings is 1. The molecule has 3 aromatic rings. The van der Waals surface area contributed by atoms with Crippen molar-refractivity contribution in [2.45, 2.75) is 13.5 Å². The number of ether oxygens (including phenoxy) is 3. The fraction of sp³-hybridized carbons (Fsp3) is 0.300. The van der Waals surface area contributed by atoms with Gasteiger partial charge in [0.2, 0.25) is 5.75 Å². The van der Waals surface area contributed by atoms with Crippen LogP contribution in [0.25, 0.3) is 5.65 Å².